The van der Waals surface area contributed by atoms with Crippen LogP contribution in [0.15, 0.2) is 36.4 Å². The second-order valence-corrected chi connectivity index (χ2v) is 7.49. The van der Waals surface area contributed by atoms with Crippen molar-refractivity contribution in [2.75, 3.05) is 33.6 Å². The summed E-state index contributed by atoms with van der Waals surface area (Å²) in [7, 11) is 4.74. The van der Waals surface area contributed by atoms with Gasteiger partial charge in [0.05, 0.1) is 21.3 Å². The van der Waals surface area contributed by atoms with Gasteiger partial charge in [-0.15, -0.1) is 11.8 Å². The van der Waals surface area contributed by atoms with E-state index in [4.69, 9.17) is 14.2 Å². The minimum atomic E-state index is -0.199. The van der Waals surface area contributed by atoms with Gasteiger partial charge in [-0.1, -0.05) is 12.1 Å². The smallest absolute Gasteiger partial charge is 0.255 e. The van der Waals surface area contributed by atoms with Gasteiger partial charge >= 0.3 is 0 Å². The molecule has 1 aliphatic heterocycles. The molecule has 148 valence electrons. The molecule has 0 aliphatic carbocycles. The van der Waals surface area contributed by atoms with Crippen LogP contribution in [0.3, 0.4) is 0 Å². The molecule has 0 saturated carbocycles. The van der Waals surface area contributed by atoms with E-state index in [9.17, 15) is 9.59 Å². The number of nitrogens with zero attached hydrogens (tertiary/aromatic N) is 1. The monoisotopic (exact) mass is 401 g/mol. The topological polar surface area (TPSA) is 65.1 Å². The van der Waals surface area contributed by atoms with E-state index in [0.717, 1.165) is 11.3 Å². The van der Waals surface area contributed by atoms with Crippen molar-refractivity contribution in [1.82, 2.24) is 4.90 Å². The van der Waals surface area contributed by atoms with Gasteiger partial charge in [0.2, 0.25) is 0 Å². The molecule has 0 spiro atoms. The van der Waals surface area contributed by atoms with Crippen molar-refractivity contribution in [2.45, 2.75) is 12.3 Å². The maximum absolute atomic E-state index is 13.1. The summed E-state index contributed by atoms with van der Waals surface area (Å²) < 4.78 is 16.3. The highest BCUT2D eigenvalue weighted by Gasteiger charge is 2.34. The first-order valence-electron chi connectivity index (χ1n) is 8.83. The SMILES string of the molecule is COc1cc(OC)c(C2SCCN2C(=O)c2ccc(C(C)=O)cc2)cc1OC. The highest BCUT2D eigenvalue weighted by molar-refractivity contribution is 7.99. The van der Waals surface area contributed by atoms with Crippen molar-refractivity contribution < 1.29 is 23.8 Å². The number of carbonyl (C=O) groups excluding carboxylic acids is 2. The molecule has 28 heavy (non-hydrogen) atoms. The van der Waals surface area contributed by atoms with Gasteiger partial charge in [0.15, 0.2) is 17.3 Å². The Morgan fingerprint density at radius 1 is 0.929 bits per heavy atom. The summed E-state index contributed by atoms with van der Waals surface area (Å²) in [5.41, 5.74) is 2.00. The Kier molecular flexibility index (Phi) is 6.14. The summed E-state index contributed by atoms with van der Waals surface area (Å²) in [6.07, 6.45) is 0. The molecule has 1 atom stereocenters. The molecule has 1 heterocycles. The molecule has 0 aromatic heterocycles. The molecule has 1 amide bonds. The summed E-state index contributed by atoms with van der Waals surface area (Å²) in [4.78, 5) is 26.4. The second-order valence-electron chi connectivity index (χ2n) is 6.30. The van der Waals surface area contributed by atoms with Crippen molar-refractivity contribution in [3.05, 3.63) is 53.1 Å². The van der Waals surface area contributed by atoms with Crippen LogP contribution in [0.2, 0.25) is 0 Å². The van der Waals surface area contributed by atoms with E-state index in [-0.39, 0.29) is 17.1 Å². The number of hydrogen-bond donors (Lipinski definition) is 0. The summed E-state index contributed by atoms with van der Waals surface area (Å²) >= 11 is 1.67. The summed E-state index contributed by atoms with van der Waals surface area (Å²) in [5.74, 6) is 2.51. The average molecular weight is 401 g/mol. The number of hydrogen-bond acceptors (Lipinski definition) is 6. The van der Waals surface area contributed by atoms with Crippen LogP contribution in [-0.2, 0) is 0 Å². The first-order chi connectivity index (χ1) is 13.5. The number of Topliss-reactive ketones (excluding diaryl/α,β-unsaturated/α-hetero) is 1. The molecular formula is C21H23NO5S. The number of ether oxygens (including phenoxy) is 3. The third-order valence-corrected chi connectivity index (χ3v) is 5.93. The van der Waals surface area contributed by atoms with Crippen molar-refractivity contribution in [2.24, 2.45) is 0 Å². The van der Waals surface area contributed by atoms with Gasteiger partial charge in [-0.25, -0.2) is 0 Å². The Hall–Kier alpha value is -2.67. The Bertz CT molecular complexity index is 881. The standard InChI is InChI=1S/C21H23NO5S/c1-13(23)14-5-7-15(8-6-14)20(24)22-9-10-28-21(22)16-11-18(26-3)19(27-4)12-17(16)25-2/h5-8,11-12,21H,9-10H2,1-4H3. The number of carbonyl (C=O) groups is 2. The van der Waals surface area contributed by atoms with Gasteiger partial charge < -0.3 is 19.1 Å². The molecular weight excluding hydrogens is 378 g/mol. The minimum Gasteiger partial charge on any atom is -0.496 e. The van der Waals surface area contributed by atoms with Gasteiger partial charge in [-0.05, 0) is 25.1 Å². The molecule has 2 aromatic rings. The Morgan fingerprint density at radius 2 is 1.50 bits per heavy atom. The van der Waals surface area contributed by atoms with Gasteiger partial charge in [0.1, 0.15) is 11.1 Å². The van der Waals surface area contributed by atoms with Crippen molar-refractivity contribution >= 4 is 23.5 Å². The fourth-order valence-electron chi connectivity index (χ4n) is 3.19. The molecule has 1 fully saturated rings. The number of rotatable bonds is 6. The lowest BCUT2D eigenvalue weighted by Gasteiger charge is -2.26. The summed E-state index contributed by atoms with van der Waals surface area (Å²) in [5, 5.41) is -0.199. The molecule has 3 rings (SSSR count). The molecule has 1 aliphatic rings. The zero-order chi connectivity index (χ0) is 20.3. The molecule has 7 heteroatoms. The van der Waals surface area contributed by atoms with E-state index in [1.54, 1.807) is 63.4 Å². The quantitative estimate of drug-likeness (QED) is 0.686. The van der Waals surface area contributed by atoms with Crippen molar-refractivity contribution in [3.8, 4) is 17.2 Å². The van der Waals surface area contributed by atoms with Crippen LogP contribution in [0.1, 0.15) is 38.6 Å². The van der Waals surface area contributed by atoms with Crippen LogP contribution in [0.25, 0.3) is 0 Å². The van der Waals surface area contributed by atoms with E-state index in [2.05, 4.69) is 0 Å². The zero-order valence-corrected chi connectivity index (χ0v) is 17.2. The third-order valence-electron chi connectivity index (χ3n) is 4.69. The predicted molar refractivity (Wildman–Crippen MR) is 109 cm³/mol. The lowest BCUT2D eigenvalue weighted by Crippen LogP contribution is -2.30. The average Bonchev–Trinajstić information content (AvgIpc) is 3.21. The van der Waals surface area contributed by atoms with Crippen LogP contribution in [0.5, 0.6) is 17.2 Å². The van der Waals surface area contributed by atoms with E-state index in [1.165, 1.54) is 6.92 Å². The molecule has 0 radical (unpaired) electrons. The van der Waals surface area contributed by atoms with Crippen LogP contribution < -0.4 is 14.2 Å². The Morgan fingerprint density at radius 3 is 2.07 bits per heavy atom. The number of methoxy groups -OCH3 is 3. The first kappa shape index (κ1) is 20.1. The summed E-state index contributed by atoms with van der Waals surface area (Å²) in [6.45, 7) is 2.13. The molecule has 6 nitrogen and oxygen atoms in total. The second kappa shape index (κ2) is 8.56. The minimum absolute atomic E-state index is 0.0244. The molecule has 0 bridgehead atoms. The van der Waals surface area contributed by atoms with Gasteiger partial charge in [-0.3, -0.25) is 9.59 Å². The van der Waals surface area contributed by atoms with Crippen molar-refractivity contribution in [3.63, 3.8) is 0 Å². The van der Waals surface area contributed by atoms with E-state index >= 15 is 0 Å². The van der Waals surface area contributed by atoms with E-state index < -0.39 is 0 Å². The van der Waals surface area contributed by atoms with Gasteiger partial charge in [-0.2, -0.15) is 0 Å². The first-order valence-corrected chi connectivity index (χ1v) is 9.88. The number of amides is 1. The van der Waals surface area contributed by atoms with E-state index in [1.807, 2.05) is 11.0 Å². The zero-order valence-electron chi connectivity index (χ0n) is 16.4. The third kappa shape index (κ3) is 3.80. The lowest BCUT2D eigenvalue weighted by atomic mass is 10.1. The normalized spacial score (nSPS) is 16.0. The van der Waals surface area contributed by atoms with Gasteiger partial charge in [0.25, 0.3) is 5.91 Å². The highest BCUT2D eigenvalue weighted by atomic mass is 32.2. The van der Waals surface area contributed by atoms with Crippen LogP contribution in [0.4, 0.5) is 0 Å². The highest BCUT2D eigenvalue weighted by Crippen LogP contribution is 2.46. The molecule has 0 N–H and O–H groups in total. The molecule has 2 aromatic carbocycles. The number of thioether (sulfide) groups is 1. The van der Waals surface area contributed by atoms with Crippen LogP contribution >= 0.6 is 11.8 Å². The fourth-order valence-corrected chi connectivity index (χ4v) is 4.46. The van der Waals surface area contributed by atoms with Gasteiger partial charge in [0, 0.05) is 35.1 Å². The van der Waals surface area contributed by atoms with Crippen molar-refractivity contribution in [1.29, 1.82) is 0 Å². The Balaban J connectivity index is 1.94. The van der Waals surface area contributed by atoms with Crippen LogP contribution in [0, 0.1) is 0 Å². The largest absolute Gasteiger partial charge is 0.496 e. The number of benzene rings is 2. The maximum Gasteiger partial charge on any atom is 0.255 e. The fraction of sp³-hybridized carbons (Fsp3) is 0.333. The Labute approximate surface area is 168 Å². The lowest BCUT2D eigenvalue weighted by molar-refractivity contribution is 0.0758. The molecule has 1 saturated heterocycles. The number of ketones is 1. The summed E-state index contributed by atoms with van der Waals surface area (Å²) in [6, 6.07) is 10.4. The maximum atomic E-state index is 13.1. The van der Waals surface area contributed by atoms with Crippen LogP contribution in [-0.4, -0.2) is 50.2 Å². The van der Waals surface area contributed by atoms with E-state index in [0.29, 0.717) is 34.9 Å². The molecule has 1 unspecified atom stereocenters. The predicted octanol–water partition coefficient (Wildman–Crippen LogP) is 3.80.